The zero-order chi connectivity index (χ0) is 36.7. The van der Waals surface area contributed by atoms with Crippen molar-refractivity contribution in [3.63, 3.8) is 0 Å². The molecule has 3 aliphatic carbocycles. The number of anilines is 1. The lowest BCUT2D eigenvalue weighted by Gasteiger charge is -2.50. The molecule has 2 aromatic carbocycles. The van der Waals surface area contributed by atoms with Crippen LogP contribution in [-0.2, 0) is 30.8 Å². The molecule has 4 fully saturated rings. The molecule has 0 bridgehead atoms. The van der Waals surface area contributed by atoms with Crippen molar-refractivity contribution in [3.8, 4) is 5.75 Å². The number of allylic oxidation sites excluding steroid dienone is 2. The Bertz CT molecular complexity index is 2040. The van der Waals surface area contributed by atoms with Crippen LogP contribution in [0.25, 0.3) is 0 Å². The summed E-state index contributed by atoms with van der Waals surface area (Å²) < 4.78 is 40.3. The molecule has 2 N–H and O–H groups in total. The molecule has 0 unspecified atom stereocenters. The van der Waals surface area contributed by atoms with Gasteiger partial charge in [-0.2, -0.15) is 18.2 Å². The van der Waals surface area contributed by atoms with Gasteiger partial charge < -0.3 is 5.11 Å². The van der Waals surface area contributed by atoms with Crippen LogP contribution in [0.2, 0.25) is 10.0 Å². The molecule has 2 saturated carbocycles. The number of halogens is 5. The van der Waals surface area contributed by atoms with Gasteiger partial charge in [-0.25, -0.2) is 4.98 Å². The normalized spacial score (nSPS) is 29.2. The largest absolute Gasteiger partial charge is 0.508 e. The van der Waals surface area contributed by atoms with E-state index in [1.807, 2.05) is 6.08 Å². The number of pyridine rings is 1. The zero-order valence-electron chi connectivity index (χ0n) is 27.6. The van der Waals surface area contributed by atoms with Crippen LogP contribution in [0.15, 0.2) is 72.4 Å². The Morgan fingerprint density at radius 2 is 1.63 bits per heavy atom. The van der Waals surface area contributed by atoms with Crippen LogP contribution in [0.5, 0.6) is 5.75 Å². The third-order valence-corrected chi connectivity index (χ3v) is 12.3. The van der Waals surface area contributed by atoms with Gasteiger partial charge in [-0.3, -0.25) is 29.5 Å². The number of rotatable bonds is 5. The summed E-state index contributed by atoms with van der Waals surface area (Å²) in [6.45, 7) is 0. The summed E-state index contributed by atoms with van der Waals surface area (Å²) in [5, 5.41) is 11.4. The number of hydrogen-bond acceptors (Lipinski definition) is 7. The lowest BCUT2D eigenvalue weighted by Crippen LogP contribution is -2.53. The SMILES string of the molecule is O=C1[C@@H]2C[C@@H]3C(=CC[C@@H]4C(=O)N(C5CCCCC5)C(=O)[C@@H]43)[C@H](c3cccc(O)c3)[C@]2(c2ccc(Cl)cc2)C(=O)N1Nc1ncc(C(F)(F)F)cc1Cl. The Hall–Kier alpha value is -4.42. The van der Waals surface area contributed by atoms with E-state index in [0.717, 1.165) is 37.1 Å². The van der Waals surface area contributed by atoms with Gasteiger partial charge in [0.1, 0.15) is 5.75 Å². The highest BCUT2D eigenvalue weighted by molar-refractivity contribution is 6.33. The van der Waals surface area contributed by atoms with Crippen LogP contribution in [-0.4, -0.2) is 49.7 Å². The lowest BCUT2D eigenvalue weighted by atomic mass is 9.49. The molecule has 8 rings (SSSR count). The van der Waals surface area contributed by atoms with E-state index in [4.69, 9.17) is 23.2 Å². The predicted molar refractivity (Wildman–Crippen MR) is 184 cm³/mol. The van der Waals surface area contributed by atoms with Gasteiger partial charge in [-0.05, 0) is 73.1 Å². The van der Waals surface area contributed by atoms with Crippen molar-refractivity contribution >= 4 is 52.6 Å². The molecule has 3 heterocycles. The van der Waals surface area contributed by atoms with Gasteiger partial charge in [0.25, 0.3) is 11.8 Å². The molecule has 3 aromatic rings. The van der Waals surface area contributed by atoms with E-state index in [1.54, 1.807) is 36.4 Å². The van der Waals surface area contributed by atoms with E-state index in [1.165, 1.54) is 17.0 Å². The number of alkyl halides is 3. The number of aromatic hydroxyl groups is 1. The van der Waals surface area contributed by atoms with Crippen LogP contribution >= 0.6 is 23.2 Å². The van der Waals surface area contributed by atoms with Crippen LogP contribution in [0.3, 0.4) is 0 Å². The number of hydrogen-bond donors (Lipinski definition) is 2. The third-order valence-electron chi connectivity index (χ3n) is 11.7. The maximum atomic E-state index is 15.2. The van der Waals surface area contributed by atoms with E-state index in [9.17, 15) is 32.7 Å². The number of fused-ring (bicyclic) bond motifs is 4. The maximum Gasteiger partial charge on any atom is 0.417 e. The fourth-order valence-corrected chi connectivity index (χ4v) is 9.92. The summed E-state index contributed by atoms with van der Waals surface area (Å²) in [6, 6.07) is 13.4. The predicted octanol–water partition coefficient (Wildman–Crippen LogP) is 7.43. The quantitative estimate of drug-likeness (QED) is 0.206. The minimum absolute atomic E-state index is 0.0272. The first-order valence-corrected chi connectivity index (χ1v) is 18.1. The van der Waals surface area contributed by atoms with Gasteiger partial charge in [0, 0.05) is 23.2 Å². The Labute approximate surface area is 306 Å². The van der Waals surface area contributed by atoms with Gasteiger partial charge >= 0.3 is 6.18 Å². The Balaban J connectivity index is 1.29. The van der Waals surface area contributed by atoms with Gasteiger partial charge in [-0.1, -0.05) is 78.4 Å². The van der Waals surface area contributed by atoms with Crippen molar-refractivity contribution in [3.05, 3.63) is 99.2 Å². The summed E-state index contributed by atoms with van der Waals surface area (Å²) in [5.41, 5.74) is 1.48. The highest BCUT2D eigenvalue weighted by Crippen LogP contribution is 2.64. The van der Waals surface area contributed by atoms with Crippen molar-refractivity contribution in [1.82, 2.24) is 14.9 Å². The number of nitrogens with one attached hydrogen (secondary N) is 1. The second-order valence-corrected chi connectivity index (χ2v) is 15.2. The molecule has 52 heavy (non-hydrogen) atoms. The Morgan fingerprint density at radius 3 is 2.31 bits per heavy atom. The number of phenols is 1. The van der Waals surface area contributed by atoms with Crippen molar-refractivity contribution in [2.75, 3.05) is 5.43 Å². The first-order chi connectivity index (χ1) is 24.8. The molecule has 9 nitrogen and oxygen atoms in total. The molecule has 2 saturated heterocycles. The first kappa shape index (κ1) is 34.7. The fraction of sp³-hybridized carbons (Fsp3) is 0.395. The second-order valence-electron chi connectivity index (χ2n) is 14.4. The second kappa shape index (κ2) is 12.6. The number of hydrazine groups is 1. The molecule has 0 radical (unpaired) electrons. The summed E-state index contributed by atoms with van der Waals surface area (Å²) in [5.74, 6) is -6.34. The average Bonchev–Trinajstić information content (AvgIpc) is 3.50. The zero-order valence-corrected chi connectivity index (χ0v) is 29.1. The van der Waals surface area contributed by atoms with Crippen LogP contribution in [0.4, 0.5) is 19.0 Å². The number of benzene rings is 2. The number of imide groups is 2. The lowest BCUT2D eigenvalue weighted by molar-refractivity contribution is -0.144. The molecule has 1 aromatic heterocycles. The molecule has 2 aliphatic heterocycles. The van der Waals surface area contributed by atoms with Gasteiger partial charge in [0.15, 0.2) is 5.82 Å². The summed E-state index contributed by atoms with van der Waals surface area (Å²) >= 11 is 12.6. The highest BCUT2D eigenvalue weighted by Gasteiger charge is 2.70. The molecule has 14 heteroatoms. The van der Waals surface area contributed by atoms with Gasteiger partial charge in [0.05, 0.1) is 33.8 Å². The van der Waals surface area contributed by atoms with Crippen molar-refractivity contribution in [2.45, 2.75) is 68.5 Å². The molecular weight excluding hydrogens is 720 g/mol. The van der Waals surface area contributed by atoms with Crippen LogP contribution in [0, 0.1) is 23.7 Å². The van der Waals surface area contributed by atoms with Crippen LogP contribution in [0.1, 0.15) is 67.6 Å². The maximum absolute atomic E-state index is 15.2. The number of amides is 4. The first-order valence-electron chi connectivity index (χ1n) is 17.3. The number of likely N-dealkylation sites (tertiary alicyclic amines) is 1. The smallest absolute Gasteiger partial charge is 0.417 e. The summed E-state index contributed by atoms with van der Waals surface area (Å²) in [7, 11) is 0. The summed E-state index contributed by atoms with van der Waals surface area (Å²) in [4.78, 5) is 63.6. The monoisotopic (exact) mass is 752 g/mol. The topological polar surface area (TPSA) is 120 Å². The number of carbonyl (C=O) groups is 4. The van der Waals surface area contributed by atoms with Crippen molar-refractivity contribution in [2.24, 2.45) is 23.7 Å². The van der Waals surface area contributed by atoms with Crippen molar-refractivity contribution in [1.29, 1.82) is 0 Å². The van der Waals surface area contributed by atoms with E-state index >= 15 is 4.79 Å². The number of aromatic nitrogens is 1. The molecule has 6 atom stereocenters. The minimum Gasteiger partial charge on any atom is -0.508 e. The molecule has 4 amide bonds. The molecular formula is C38H33Cl2F3N4O5. The van der Waals surface area contributed by atoms with E-state index in [2.05, 4.69) is 10.4 Å². The fourth-order valence-electron chi connectivity index (χ4n) is 9.59. The number of nitrogens with zero attached hydrogens (tertiary/aromatic N) is 3. The minimum atomic E-state index is -4.73. The standard InChI is InChI=1S/C38H33Cl2F3N4O5/c39-22-11-9-20(10-12-22)37-28(34(50)47(36(37)52)45-32-29(40)16-21(18-44-32)38(41,42)43)17-27-25(31(37)19-5-4-8-24(48)15-19)13-14-26-30(27)35(51)46(33(26)49)23-6-2-1-3-7-23/h4-5,8-13,15-16,18,23,26-28,30-31,48H,1-3,6-7,14,17H2,(H,44,45)/t26-,27+,28-,30-,31-,37+/m0/s1. The number of phenolic OH excluding ortho intramolecular Hbond substituents is 1. The molecule has 5 aliphatic rings. The third kappa shape index (κ3) is 5.23. The Kier molecular flexibility index (Phi) is 8.41. The Morgan fingerprint density at radius 1 is 0.904 bits per heavy atom. The summed E-state index contributed by atoms with van der Waals surface area (Å²) in [6.07, 6.45) is 2.40. The molecule has 0 spiro atoms. The average molecular weight is 754 g/mol. The van der Waals surface area contributed by atoms with E-state index in [-0.39, 0.29) is 42.3 Å². The van der Waals surface area contributed by atoms with E-state index < -0.39 is 63.6 Å². The van der Waals surface area contributed by atoms with Gasteiger partial charge in [0.2, 0.25) is 11.8 Å². The van der Waals surface area contributed by atoms with E-state index in [0.29, 0.717) is 34.0 Å². The molecule has 270 valence electrons. The number of carbonyl (C=O) groups excluding carboxylic acids is 4. The van der Waals surface area contributed by atoms with Crippen LogP contribution < -0.4 is 5.43 Å². The van der Waals surface area contributed by atoms with Crippen molar-refractivity contribution < 1.29 is 37.5 Å². The highest BCUT2D eigenvalue weighted by atomic mass is 35.5. The van der Waals surface area contributed by atoms with Gasteiger partial charge in [-0.15, -0.1) is 0 Å².